The normalized spacial score (nSPS) is 16.4. The minimum Gasteiger partial charge on any atom is -0.357 e. The van der Waals surface area contributed by atoms with E-state index in [1.807, 2.05) is 19.3 Å². The highest BCUT2D eigenvalue weighted by Crippen LogP contribution is 2.13. The van der Waals surface area contributed by atoms with Gasteiger partial charge in [-0.2, -0.15) is 5.10 Å². The van der Waals surface area contributed by atoms with Crippen LogP contribution in [-0.4, -0.2) is 49.4 Å². The van der Waals surface area contributed by atoms with E-state index in [1.54, 1.807) is 0 Å². The Bertz CT molecular complexity index is 751. The first-order valence-electron chi connectivity index (χ1n) is 10.1. The summed E-state index contributed by atoms with van der Waals surface area (Å²) in [6, 6.07) is 0.343. The van der Waals surface area contributed by atoms with Gasteiger partial charge in [-0.25, -0.2) is 14.6 Å². The fraction of sp³-hybridized carbons (Fsp3) is 0.684. The summed E-state index contributed by atoms with van der Waals surface area (Å²) in [7, 11) is 0. The number of aliphatic imine (C=N–C) groups is 1. The van der Waals surface area contributed by atoms with Crippen LogP contribution in [0.2, 0.25) is 0 Å². The van der Waals surface area contributed by atoms with Crippen molar-refractivity contribution in [3.63, 3.8) is 0 Å². The monoisotopic (exact) mass is 500 g/mol. The van der Waals surface area contributed by atoms with E-state index in [4.69, 9.17) is 4.99 Å². The van der Waals surface area contributed by atoms with Gasteiger partial charge in [0, 0.05) is 50.9 Å². The second-order valence-corrected chi connectivity index (χ2v) is 7.00. The molecule has 8 nitrogen and oxygen atoms in total. The molecule has 0 aliphatic carbocycles. The number of aryl methyl sites for hydroxylation is 4. The summed E-state index contributed by atoms with van der Waals surface area (Å²) in [5, 5.41) is 11.5. The summed E-state index contributed by atoms with van der Waals surface area (Å²) in [4.78, 5) is 13.6. The summed E-state index contributed by atoms with van der Waals surface area (Å²) in [6.45, 7) is 9.78. The predicted octanol–water partition coefficient (Wildman–Crippen LogP) is 2.31. The predicted molar refractivity (Wildman–Crippen MR) is 122 cm³/mol. The Morgan fingerprint density at radius 3 is 2.89 bits per heavy atom. The Hall–Kier alpha value is -1.65. The van der Waals surface area contributed by atoms with Crippen LogP contribution in [0, 0.1) is 6.92 Å². The Balaban J connectivity index is 0.00000280. The zero-order chi connectivity index (χ0) is 19.1. The molecule has 2 aromatic heterocycles. The second kappa shape index (κ2) is 11.4. The van der Waals surface area contributed by atoms with Crippen LogP contribution >= 0.6 is 24.0 Å². The van der Waals surface area contributed by atoms with E-state index in [9.17, 15) is 0 Å². The number of hydrogen-bond donors (Lipinski definition) is 2. The summed E-state index contributed by atoms with van der Waals surface area (Å²) in [5.74, 6) is 4.03. The summed E-state index contributed by atoms with van der Waals surface area (Å²) in [5.41, 5.74) is 0. The van der Waals surface area contributed by atoms with E-state index in [2.05, 4.69) is 48.8 Å². The van der Waals surface area contributed by atoms with Crippen LogP contribution in [0.5, 0.6) is 0 Å². The van der Waals surface area contributed by atoms with Gasteiger partial charge >= 0.3 is 0 Å². The Morgan fingerprint density at radius 1 is 1.32 bits per heavy atom. The molecule has 0 aromatic carbocycles. The molecule has 1 aliphatic rings. The van der Waals surface area contributed by atoms with Crippen molar-refractivity contribution in [3.05, 3.63) is 29.9 Å². The van der Waals surface area contributed by atoms with Crippen molar-refractivity contribution >= 4 is 29.9 Å². The lowest BCUT2D eigenvalue weighted by atomic mass is 10.1. The molecule has 0 spiro atoms. The highest BCUT2D eigenvalue weighted by molar-refractivity contribution is 14.0. The van der Waals surface area contributed by atoms with Crippen molar-refractivity contribution in [2.45, 2.75) is 72.0 Å². The van der Waals surface area contributed by atoms with E-state index in [0.29, 0.717) is 6.04 Å². The molecular weight excluding hydrogens is 467 g/mol. The van der Waals surface area contributed by atoms with Gasteiger partial charge in [0.1, 0.15) is 11.6 Å². The standard InChI is InChI=1S/C19H32N8.HI/c1-4-17-24-18-9-8-16(14-27(18)25-17)23-19(20-5-2)22-10-6-7-12-26-13-11-21-15(26)3;/h11,13,16H,4-10,12,14H2,1-3H3,(H2,20,22,23);1H. The van der Waals surface area contributed by atoms with Gasteiger partial charge < -0.3 is 15.2 Å². The molecule has 3 heterocycles. The average molecular weight is 500 g/mol. The molecule has 1 atom stereocenters. The molecule has 0 radical (unpaired) electrons. The Kier molecular flexibility index (Phi) is 9.20. The number of nitrogens with zero attached hydrogens (tertiary/aromatic N) is 6. The van der Waals surface area contributed by atoms with Crippen LogP contribution in [0.25, 0.3) is 0 Å². The van der Waals surface area contributed by atoms with Crippen molar-refractivity contribution in [1.82, 2.24) is 34.9 Å². The first-order chi connectivity index (χ1) is 13.2. The van der Waals surface area contributed by atoms with Crippen LogP contribution in [0.3, 0.4) is 0 Å². The smallest absolute Gasteiger partial charge is 0.191 e. The van der Waals surface area contributed by atoms with Gasteiger partial charge in [0.2, 0.25) is 0 Å². The third kappa shape index (κ3) is 6.18. The number of aromatic nitrogens is 5. The molecule has 3 rings (SSSR count). The van der Waals surface area contributed by atoms with Crippen LogP contribution in [0.1, 0.15) is 50.6 Å². The fourth-order valence-electron chi connectivity index (χ4n) is 3.37. The molecule has 1 aliphatic heterocycles. The maximum atomic E-state index is 4.75. The molecule has 156 valence electrons. The molecule has 0 saturated heterocycles. The maximum Gasteiger partial charge on any atom is 0.191 e. The van der Waals surface area contributed by atoms with Crippen molar-refractivity contribution in [2.75, 3.05) is 13.1 Å². The number of rotatable bonds is 8. The van der Waals surface area contributed by atoms with Gasteiger partial charge in [-0.05, 0) is 33.1 Å². The van der Waals surface area contributed by atoms with E-state index >= 15 is 0 Å². The first-order valence-corrected chi connectivity index (χ1v) is 10.1. The molecule has 0 amide bonds. The van der Waals surface area contributed by atoms with E-state index in [1.165, 1.54) is 0 Å². The molecule has 2 N–H and O–H groups in total. The van der Waals surface area contributed by atoms with Gasteiger partial charge in [-0.15, -0.1) is 24.0 Å². The molecule has 0 saturated carbocycles. The third-order valence-corrected chi connectivity index (χ3v) is 4.90. The molecule has 1 unspecified atom stereocenters. The van der Waals surface area contributed by atoms with Crippen molar-refractivity contribution < 1.29 is 0 Å². The minimum absolute atomic E-state index is 0. The van der Waals surface area contributed by atoms with Crippen LogP contribution < -0.4 is 10.6 Å². The first kappa shape index (κ1) is 22.6. The average Bonchev–Trinajstić information content (AvgIpc) is 3.26. The summed E-state index contributed by atoms with van der Waals surface area (Å²) in [6.07, 6.45) is 8.98. The van der Waals surface area contributed by atoms with Crippen molar-refractivity contribution in [1.29, 1.82) is 0 Å². The van der Waals surface area contributed by atoms with Crippen LogP contribution in [0.15, 0.2) is 17.4 Å². The second-order valence-electron chi connectivity index (χ2n) is 7.00. The minimum atomic E-state index is 0. The number of guanidine groups is 1. The van der Waals surface area contributed by atoms with E-state index in [0.717, 1.165) is 81.7 Å². The van der Waals surface area contributed by atoms with Gasteiger partial charge in [0.05, 0.1) is 6.54 Å². The van der Waals surface area contributed by atoms with Gasteiger partial charge in [0.25, 0.3) is 0 Å². The Morgan fingerprint density at radius 2 is 2.18 bits per heavy atom. The van der Waals surface area contributed by atoms with Gasteiger partial charge in [-0.3, -0.25) is 4.99 Å². The highest BCUT2D eigenvalue weighted by Gasteiger charge is 2.21. The number of imidazole rings is 1. The highest BCUT2D eigenvalue weighted by atomic mass is 127. The van der Waals surface area contributed by atoms with Crippen molar-refractivity contribution in [2.24, 2.45) is 4.99 Å². The van der Waals surface area contributed by atoms with Gasteiger partial charge in [-0.1, -0.05) is 6.92 Å². The van der Waals surface area contributed by atoms with E-state index < -0.39 is 0 Å². The number of nitrogens with one attached hydrogen (secondary N) is 2. The lowest BCUT2D eigenvalue weighted by Crippen LogP contribution is -2.47. The van der Waals surface area contributed by atoms with Gasteiger partial charge in [0.15, 0.2) is 11.8 Å². The molecule has 0 fully saturated rings. The third-order valence-electron chi connectivity index (χ3n) is 4.90. The zero-order valence-electron chi connectivity index (χ0n) is 17.2. The summed E-state index contributed by atoms with van der Waals surface area (Å²) < 4.78 is 4.24. The molecule has 28 heavy (non-hydrogen) atoms. The maximum absolute atomic E-state index is 4.75. The zero-order valence-corrected chi connectivity index (χ0v) is 19.5. The quantitative estimate of drug-likeness (QED) is 0.252. The fourth-order valence-corrected chi connectivity index (χ4v) is 3.37. The molecule has 2 aromatic rings. The Labute approximate surface area is 184 Å². The van der Waals surface area contributed by atoms with Crippen molar-refractivity contribution in [3.8, 4) is 0 Å². The number of hydrogen-bond acceptors (Lipinski definition) is 4. The number of fused-ring (bicyclic) bond motifs is 1. The van der Waals surface area contributed by atoms with E-state index in [-0.39, 0.29) is 24.0 Å². The largest absolute Gasteiger partial charge is 0.357 e. The lowest BCUT2D eigenvalue weighted by Gasteiger charge is -2.25. The molecule has 0 bridgehead atoms. The summed E-state index contributed by atoms with van der Waals surface area (Å²) >= 11 is 0. The van der Waals surface area contributed by atoms with Crippen LogP contribution in [0.4, 0.5) is 0 Å². The number of halogens is 1. The molecule has 9 heteroatoms. The SMILES string of the molecule is CCNC(=NCCCCn1ccnc1C)NC1CCc2nc(CC)nn2C1.I. The van der Waals surface area contributed by atoms with Crippen LogP contribution in [-0.2, 0) is 25.9 Å². The molecular formula is C19H33IN8. The topological polar surface area (TPSA) is 84.9 Å². The number of unbranched alkanes of at least 4 members (excludes halogenated alkanes) is 1. The lowest BCUT2D eigenvalue weighted by molar-refractivity contribution is 0.392.